The number of aliphatic hydroxyl groups excluding tert-OH is 1. The molecule has 2 fully saturated rings. The van der Waals surface area contributed by atoms with E-state index in [1.54, 1.807) is 0 Å². The number of primary amides is 1. The number of hydrogen-bond acceptors (Lipinski definition) is 7. The Labute approximate surface area is 173 Å². The molecule has 2 aliphatic rings. The van der Waals surface area contributed by atoms with Crippen LogP contribution in [0.2, 0.25) is 0 Å². The zero-order chi connectivity index (χ0) is 22.3. The number of rotatable bonds is 10. The van der Waals surface area contributed by atoms with Crippen molar-refractivity contribution in [1.29, 1.82) is 0 Å². The molecule has 0 saturated carbocycles. The summed E-state index contributed by atoms with van der Waals surface area (Å²) >= 11 is 0. The molecular weight excluding hydrogens is 398 g/mol. The third-order valence-corrected chi connectivity index (χ3v) is 5.31. The van der Waals surface area contributed by atoms with Crippen LogP contribution in [0, 0.1) is 0 Å². The summed E-state index contributed by atoms with van der Waals surface area (Å²) in [5.41, 5.74) is 5.12. The normalized spacial score (nSPS) is 22.9. The predicted molar refractivity (Wildman–Crippen MR) is 103 cm³/mol. The van der Waals surface area contributed by atoms with Crippen molar-refractivity contribution in [1.82, 2.24) is 20.9 Å². The van der Waals surface area contributed by atoms with Gasteiger partial charge in [0, 0.05) is 13.0 Å². The summed E-state index contributed by atoms with van der Waals surface area (Å²) < 4.78 is 0. The summed E-state index contributed by atoms with van der Waals surface area (Å²) in [6.45, 7) is 0.335. The number of carbonyl (C=O) groups excluding carboxylic acids is 4. The Bertz CT molecular complexity index is 680. The van der Waals surface area contributed by atoms with E-state index in [2.05, 4.69) is 16.0 Å². The molecule has 0 aromatic carbocycles. The maximum Gasteiger partial charge on any atom is 0.328 e. The highest BCUT2D eigenvalue weighted by molar-refractivity contribution is 5.94. The van der Waals surface area contributed by atoms with Gasteiger partial charge in [0.25, 0.3) is 0 Å². The molecule has 2 rings (SSSR count). The smallest absolute Gasteiger partial charge is 0.328 e. The Morgan fingerprint density at radius 1 is 1.10 bits per heavy atom. The molecule has 12 heteroatoms. The fraction of sp³-hybridized carbons (Fsp3) is 0.722. The number of nitrogens with two attached hydrogens (primary N) is 1. The predicted octanol–water partition coefficient (Wildman–Crippen LogP) is -2.96. The average Bonchev–Trinajstić information content (AvgIpc) is 3.39. The quantitative estimate of drug-likeness (QED) is 0.213. The van der Waals surface area contributed by atoms with Crippen molar-refractivity contribution in [2.75, 3.05) is 19.7 Å². The first-order chi connectivity index (χ1) is 14.2. The summed E-state index contributed by atoms with van der Waals surface area (Å²) in [5, 5.41) is 25.8. The molecule has 4 atom stereocenters. The topological polar surface area (TPSA) is 191 Å². The van der Waals surface area contributed by atoms with E-state index in [4.69, 9.17) is 15.9 Å². The van der Waals surface area contributed by atoms with Crippen molar-refractivity contribution in [2.45, 2.75) is 62.7 Å². The number of aliphatic hydroxyl groups is 1. The maximum atomic E-state index is 12.8. The first kappa shape index (κ1) is 23.5. The number of carbonyl (C=O) groups is 5. The molecule has 2 saturated heterocycles. The molecular formula is C18H29N5O7. The van der Waals surface area contributed by atoms with Crippen molar-refractivity contribution < 1.29 is 34.2 Å². The standard InChI is InChI=1S/C18H29N5O7/c19-14(25)6-5-10(15(26)22-12(9-24)18(29)30)21-16(27)13-4-2-8-23(13)17(28)11-3-1-7-20-11/h10-13,20,24H,1-9H2,(H2,19,25)(H,21,27)(H,22,26)(H,29,30). The van der Waals surface area contributed by atoms with Crippen LogP contribution in [0.25, 0.3) is 0 Å². The highest BCUT2D eigenvalue weighted by Crippen LogP contribution is 2.21. The van der Waals surface area contributed by atoms with E-state index in [-0.39, 0.29) is 24.8 Å². The van der Waals surface area contributed by atoms with Gasteiger partial charge in [0.05, 0.1) is 12.6 Å². The van der Waals surface area contributed by atoms with Gasteiger partial charge in [-0.3, -0.25) is 19.2 Å². The Hall–Kier alpha value is -2.73. The van der Waals surface area contributed by atoms with Crippen LogP contribution >= 0.6 is 0 Å². The summed E-state index contributed by atoms with van der Waals surface area (Å²) in [4.78, 5) is 61.7. The number of carboxylic acids is 1. The molecule has 0 aromatic heterocycles. The van der Waals surface area contributed by atoms with E-state index in [1.165, 1.54) is 4.90 Å². The second-order valence-corrected chi connectivity index (χ2v) is 7.49. The van der Waals surface area contributed by atoms with E-state index in [1.807, 2.05) is 0 Å². The number of amides is 4. The second kappa shape index (κ2) is 10.9. The minimum atomic E-state index is -1.55. The number of carboxylic acid groups (broad SMARTS) is 1. The van der Waals surface area contributed by atoms with Gasteiger partial charge in [0.2, 0.25) is 23.6 Å². The molecule has 12 nitrogen and oxygen atoms in total. The highest BCUT2D eigenvalue weighted by Gasteiger charge is 2.39. The molecule has 2 heterocycles. The maximum absolute atomic E-state index is 12.8. The fourth-order valence-electron chi connectivity index (χ4n) is 3.68. The molecule has 0 aromatic rings. The molecule has 4 unspecified atom stereocenters. The molecule has 7 N–H and O–H groups in total. The fourth-order valence-corrected chi connectivity index (χ4v) is 3.68. The van der Waals surface area contributed by atoms with Gasteiger partial charge in [-0.25, -0.2) is 4.79 Å². The Morgan fingerprint density at radius 3 is 2.40 bits per heavy atom. The summed E-state index contributed by atoms with van der Waals surface area (Å²) in [5.74, 6) is -3.71. The van der Waals surface area contributed by atoms with Crippen LogP contribution in [0.15, 0.2) is 0 Å². The van der Waals surface area contributed by atoms with E-state index < -0.39 is 48.4 Å². The van der Waals surface area contributed by atoms with E-state index in [0.717, 1.165) is 13.0 Å². The highest BCUT2D eigenvalue weighted by atomic mass is 16.4. The molecule has 2 aliphatic heterocycles. The zero-order valence-electron chi connectivity index (χ0n) is 16.6. The lowest BCUT2D eigenvalue weighted by atomic mass is 10.1. The van der Waals surface area contributed by atoms with Crippen LogP contribution in [0.1, 0.15) is 38.5 Å². The van der Waals surface area contributed by atoms with Gasteiger partial charge in [0.15, 0.2) is 0 Å². The third kappa shape index (κ3) is 6.13. The number of aliphatic carboxylic acids is 1. The molecule has 0 spiro atoms. The van der Waals surface area contributed by atoms with Gasteiger partial charge in [-0.1, -0.05) is 0 Å². The Kier molecular flexibility index (Phi) is 8.54. The summed E-state index contributed by atoms with van der Waals surface area (Å²) in [6.07, 6.45) is 2.30. The Balaban J connectivity index is 2.06. The van der Waals surface area contributed by atoms with Crippen molar-refractivity contribution in [3.8, 4) is 0 Å². The van der Waals surface area contributed by atoms with Gasteiger partial charge in [-0.15, -0.1) is 0 Å². The van der Waals surface area contributed by atoms with Crippen LogP contribution in [0.5, 0.6) is 0 Å². The SMILES string of the molecule is NC(=O)CCC(NC(=O)C1CCCN1C(=O)C1CCCN1)C(=O)NC(CO)C(=O)O. The van der Waals surface area contributed by atoms with E-state index in [0.29, 0.717) is 25.8 Å². The Morgan fingerprint density at radius 2 is 1.83 bits per heavy atom. The van der Waals surface area contributed by atoms with Crippen molar-refractivity contribution >= 4 is 29.6 Å². The van der Waals surface area contributed by atoms with Crippen molar-refractivity contribution in [2.24, 2.45) is 5.73 Å². The molecule has 30 heavy (non-hydrogen) atoms. The summed E-state index contributed by atoms with van der Waals surface area (Å²) in [6, 6.07) is -3.87. The zero-order valence-corrected chi connectivity index (χ0v) is 16.6. The van der Waals surface area contributed by atoms with E-state index in [9.17, 15) is 24.0 Å². The molecule has 4 amide bonds. The van der Waals surface area contributed by atoms with Crippen molar-refractivity contribution in [3.05, 3.63) is 0 Å². The molecule has 168 valence electrons. The average molecular weight is 427 g/mol. The molecule has 0 aliphatic carbocycles. The van der Waals surface area contributed by atoms with Crippen molar-refractivity contribution in [3.63, 3.8) is 0 Å². The van der Waals surface area contributed by atoms with Gasteiger partial charge >= 0.3 is 5.97 Å². The largest absolute Gasteiger partial charge is 0.480 e. The van der Waals surface area contributed by atoms with Crippen LogP contribution in [0.4, 0.5) is 0 Å². The minimum Gasteiger partial charge on any atom is -0.480 e. The minimum absolute atomic E-state index is 0.143. The number of hydrogen-bond donors (Lipinski definition) is 6. The van der Waals surface area contributed by atoms with Crippen LogP contribution in [-0.4, -0.2) is 88.6 Å². The molecule has 0 bridgehead atoms. The van der Waals surface area contributed by atoms with Crippen LogP contribution < -0.4 is 21.7 Å². The lowest BCUT2D eigenvalue weighted by molar-refractivity contribution is -0.144. The first-order valence-corrected chi connectivity index (χ1v) is 10.0. The summed E-state index contributed by atoms with van der Waals surface area (Å²) in [7, 11) is 0. The van der Waals surface area contributed by atoms with Crippen LogP contribution in [-0.2, 0) is 24.0 Å². The second-order valence-electron chi connectivity index (χ2n) is 7.49. The number of nitrogens with zero attached hydrogens (tertiary/aromatic N) is 1. The third-order valence-electron chi connectivity index (χ3n) is 5.31. The lowest BCUT2D eigenvalue weighted by Gasteiger charge is -2.28. The number of likely N-dealkylation sites (tertiary alicyclic amines) is 1. The number of nitrogens with one attached hydrogen (secondary N) is 3. The van der Waals surface area contributed by atoms with E-state index >= 15 is 0 Å². The van der Waals surface area contributed by atoms with Gasteiger partial charge in [0.1, 0.15) is 18.1 Å². The lowest BCUT2D eigenvalue weighted by Crippen LogP contribution is -2.57. The first-order valence-electron chi connectivity index (χ1n) is 10.0. The van der Waals surface area contributed by atoms with Gasteiger partial charge < -0.3 is 36.8 Å². The van der Waals surface area contributed by atoms with Crippen LogP contribution in [0.3, 0.4) is 0 Å². The monoisotopic (exact) mass is 427 g/mol. The van der Waals surface area contributed by atoms with Gasteiger partial charge in [-0.2, -0.15) is 0 Å². The van der Waals surface area contributed by atoms with Gasteiger partial charge in [-0.05, 0) is 38.6 Å². The molecule has 0 radical (unpaired) electrons.